The number of nitrogen functional groups attached to an aromatic ring is 1. The molecular formula is C18H25FN6O2. The predicted molar refractivity (Wildman–Crippen MR) is 101 cm³/mol. The SMILES string of the molecule is CC(N)C1CN(c2nc3c(C4CC4)c(=O)n(N)c(=O)n3cc2F)CC1(C)C. The highest BCUT2D eigenvalue weighted by molar-refractivity contribution is 5.56. The van der Waals surface area contributed by atoms with E-state index >= 15 is 0 Å². The van der Waals surface area contributed by atoms with Crippen LogP contribution in [0.5, 0.6) is 0 Å². The summed E-state index contributed by atoms with van der Waals surface area (Å²) < 4.78 is 16.5. The van der Waals surface area contributed by atoms with E-state index in [9.17, 15) is 14.0 Å². The Morgan fingerprint density at radius 3 is 2.56 bits per heavy atom. The van der Waals surface area contributed by atoms with Crippen LogP contribution < -0.4 is 27.7 Å². The molecule has 0 amide bonds. The highest BCUT2D eigenvalue weighted by atomic mass is 19.1. The maximum atomic E-state index is 14.9. The van der Waals surface area contributed by atoms with Crippen molar-refractivity contribution in [2.75, 3.05) is 23.8 Å². The van der Waals surface area contributed by atoms with Gasteiger partial charge in [0, 0.05) is 19.1 Å². The van der Waals surface area contributed by atoms with E-state index < -0.39 is 17.1 Å². The monoisotopic (exact) mass is 376 g/mol. The van der Waals surface area contributed by atoms with E-state index in [-0.39, 0.29) is 34.8 Å². The van der Waals surface area contributed by atoms with Crippen LogP contribution in [0.2, 0.25) is 0 Å². The van der Waals surface area contributed by atoms with Gasteiger partial charge in [0.1, 0.15) is 0 Å². The zero-order valence-electron chi connectivity index (χ0n) is 15.8. The normalized spacial score (nSPS) is 23.1. The van der Waals surface area contributed by atoms with E-state index in [4.69, 9.17) is 11.6 Å². The van der Waals surface area contributed by atoms with Crippen molar-refractivity contribution in [2.45, 2.75) is 45.6 Å². The largest absolute Gasteiger partial charge is 0.355 e. The summed E-state index contributed by atoms with van der Waals surface area (Å²) in [6, 6.07) is -0.0393. The average molecular weight is 376 g/mol. The van der Waals surface area contributed by atoms with Gasteiger partial charge in [-0.2, -0.15) is 4.68 Å². The first kappa shape index (κ1) is 18.0. The van der Waals surface area contributed by atoms with Crippen molar-refractivity contribution in [3.8, 4) is 0 Å². The third kappa shape index (κ3) is 2.72. The fourth-order valence-corrected chi connectivity index (χ4v) is 4.35. The summed E-state index contributed by atoms with van der Waals surface area (Å²) in [6.07, 6.45) is 2.75. The van der Waals surface area contributed by atoms with E-state index in [2.05, 4.69) is 18.8 Å². The van der Waals surface area contributed by atoms with Crippen molar-refractivity contribution in [1.29, 1.82) is 0 Å². The van der Waals surface area contributed by atoms with Gasteiger partial charge < -0.3 is 16.5 Å². The smallest absolute Gasteiger partial charge is 0.353 e. The summed E-state index contributed by atoms with van der Waals surface area (Å²) in [6.45, 7) is 7.33. The molecule has 1 aliphatic carbocycles. The van der Waals surface area contributed by atoms with Gasteiger partial charge in [0.25, 0.3) is 5.56 Å². The van der Waals surface area contributed by atoms with Gasteiger partial charge in [-0.3, -0.25) is 4.79 Å². The van der Waals surface area contributed by atoms with E-state index in [0.717, 1.165) is 23.4 Å². The number of fused-ring (bicyclic) bond motifs is 1. The molecule has 0 bridgehead atoms. The van der Waals surface area contributed by atoms with Gasteiger partial charge in [-0.25, -0.2) is 18.6 Å². The van der Waals surface area contributed by atoms with Crippen LogP contribution in [0.3, 0.4) is 0 Å². The molecule has 4 rings (SSSR count). The summed E-state index contributed by atoms with van der Waals surface area (Å²) in [5.74, 6) is 5.34. The van der Waals surface area contributed by atoms with Gasteiger partial charge in [0.2, 0.25) is 0 Å². The minimum atomic E-state index is -0.799. The fourth-order valence-electron chi connectivity index (χ4n) is 4.35. The van der Waals surface area contributed by atoms with Crippen molar-refractivity contribution in [3.05, 3.63) is 38.4 Å². The Kier molecular flexibility index (Phi) is 3.85. The van der Waals surface area contributed by atoms with Crippen LogP contribution in [0.15, 0.2) is 15.8 Å². The highest BCUT2D eigenvalue weighted by Crippen LogP contribution is 2.41. The number of nitrogens with zero attached hydrogens (tertiary/aromatic N) is 4. The number of hydrogen-bond acceptors (Lipinski definition) is 6. The molecule has 146 valence electrons. The molecule has 8 nitrogen and oxygen atoms in total. The summed E-state index contributed by atoms with van der Waals surface area (Å²) >= 11 is 0. The lowest BCUT2D eigenvalue weighted by Crippen LogP contribution is -2.44. The Morgan fingerprint density at radius 2 is 2.00 bits per heavy atom. The van der Waals surface area contributed by atoms with Crippen molar-refractivity contribution >= 4 is 11.5 Å². The second-order valence-corrected chi connectivity index (χ2v) is 8.59. The molecule has 2 fully saturated rings. The zero-order valence-corrected chi connectivity index (χ0v) is 15.8. The van der Waals surface area contributed by atoms with E-state index in [1.54, 1.807) is 0 Å². The quantitative estimate of drug-likeness (QED) is 0.750. The molecular weight excluding hydrogens is 351 g/mol. The third-order valence-corrected chi connectivity index (χ3v) is 5.94. The van der Waals surface area contributed by atoms with Crippen molar-refractivity contribution in [2.24, 2.45) is 17.1 Å². The standard InChI is InChI=1S/C18H25FN6O2/c1-9(20)11-6-23(8-18(11,2)3)14-12(19)7-24-15(22-14)13(10-4-5-10)16(26)25(21)17(24)27/h7,9-11H,4-6,8,20-21H2,1-3H3. The first-order valence-corrected chi connectivity index (χ1v) is 9.25. The van der Waals surface area contributed by atoms with Gasteiger partial charge in [-0.1, -0.05) is 13.8 Å². The van der Waals surface area contributed by atoms with Crippen molar-refractivity contribution in [3.63, 3.8) is 0 Å². The third-order valence-electron chi connectivity index (χ3n) is 5.94. The van der Waals surface area contributed by atoms with E-state index in [0.29, 0.717) is 23.3 Å². The Hall–Kier alpha value is -2.42. The molecule has 0 spiro atoms. The lowest BCUT2D eigenvalue weighted by molar-refractivity contribution is 0.256. The molecule has 2 aromatic rings. The molecule has 0 aromatic carbocycles. The summed E-state index contributed by atoms with van der Waals surface area (Å²) in [7, 11) is 0. The lowest BCUT2D eigenvalue weighted by atomic mass is 9.78. The van der Waals surface area contributed by atoms with Crippen LogP contribution in [0, 0.1) is 17.2 Å². The minimum absolute atomic E-state index is 0.0144. The molecule has 1 aliphatic heterocycles. The van der Waals surface area contributed by atoms with Crippen molar-refractivity contribution in [1.82, 2.24) is 14.1 Å². The first-order chi connectivity index (χ1) is 12.6. The van der Waals surface area contributed by atoms with Crippen LogP contribution in [0.4, 0.5) is 10.2 Å². The number of halogens is 1. The van der Waals surface area contributed by atoms with Crippen LogP contribution >= 0.6 is 0 Å². The molecule has 2 unspecified atom stereocenters. The van der Waals surface area contributed by atoms with Gasteiger partial charge in [-0.05, 0) is 37.0 Å². The maximum absolute atomic E-state index is 14.9. The molecule has 3 heterocycles. The minimum Gasteiger partial charge on any atom is -0.353 e. The van der Waals surface area contributed by atoms with Gasteiger partial charge >= 0.3 is 5.69 Å². The highest BCUT2D eigenvalue weighted by Gasteiger charge is 2.42. The van der Waals surface area contributed by atoms with Crippen LogP contribution in [-0.2, 0) is 0 Å². The molecule has 0 radical (unpaired) electrons. The molecule has 1 saturated carbocycles. The number of aromatic nitrogens is 3. The summed E-state index contributed by atoms with van der Waals surface area (Å²) in [5.41, 5.74) is 5.26. The Bertz CT molecular complexity index is 1040. The molecule has 2 aromatic heterocycles. The second kappa shape index (κ2) is 5.79. The van der Waals surface area contributed by atoms with Crippen molar-refractivity contribution < 1.29 is 4.39 Å². The van der Waals surface area contributed by atoms with Gasteiger partial charge in [0.05, 0.1) is 11.8 Å². The van der Waals surface area contributed by atoms with E-state index in [1.165, 1.54) is 0 Å². The molecule has 1 saturated heterocycles. The number of hydrogen-bond donors (Lipinski definition) is 2. The Labute approximate surface area is 155 Å². The Morgan fingerprint density at radius 1 is 1.33 bits per heavy atom. The summed E-state index contributed by atoms with van der Waals surface area (Å²) in [4.78, 5) is 31.1. The molecule has 9 heteroatoms. The summed E-state index contributed by atoms with van der Waals surface area (Å²) in [5, 5.41) is 0. The molecule has 2 atom stereocenters. The second-order valence-electron chi connectivity index (χ2n) is 8.59. The number of nitrogens with two attached hydrogens (primary N) is 2. The average Bonchev–Trinajstić information content (AvgIpc) is 3.36. The number of anilines is 1. The molecule has 27 heavy (non-hydrogen) atoms. The van der Waals surface area contributed by atoms with Crippen LogP contribution in [0.25, 0.3) is 5.65 Å². The topological polar surface area (TPSA) is 112 Å². The molecule has 4 N–H and O–H groups in total. The first-order valence-electron chi connectivity index (χ1n) is 9.25. The van der Waals surface area contributed by atoms with Gasteiger partial charge in [0.15, 0.2) is 17.3 Å². The maximum Gasteiger partial charge on any atom is 0.355 e. The van der Waals surface area contributed by atoms with Crippen LogP contribution in [-0.4, -0.2) is 33.2 Å². The zero-order chi connectivity index (χ0) is 19.7. The lowest BCUT2D eigenvalue weighted by Gasteiger charge is -2.27. The van der Waals surface area contributed by atoms with E-state index in [1.807, 2.05) is 11.8 Å². The van der Waals surface area contributed by atoms with Gasteiger partial charge in [-0.15, -0.1) is 0 Å². The van der Waals surface area contributed by atoms with Crippen LogP contribution in [0.1, 0.15) is 45.1 Å². The molecule has 2 aliphatic rings. The predicted octanol–water partition coefficient (Wildman–Crippen LogP) is 0.396. The number of rotatable bonds is 3. The fraction of sp³-hybridized carbons (Fsp3) is 0.611. The Balaban J connectivity index is 1.90.